The normalized spacial score (nSPS) is 12.1. The van der Waals surface area contributed by atoms with Crippen molar-refractivity contribution in [1.82, 2.24) is 0 Å². The summed E-state index contributed by atoms with van der Waals surface area (Å²) in [5.74, 6) is -0.287. The highest BCUT2D eigenvalue weighted by Crippen LogP contribution is 2.19. The Balaban J connectivity index is 2.43. The fourth-order valence-corrected chi connectivity index (χ4v) is 2.22. The van der Waals surface area contributed by atoms with E-state index in [1.54, 1.807) is 7.11 Å². The lowest BCUT2D eigenvalue weighted by molar-refractivity contribution is -0.142. The largest absolute Gasteiger partial charge is 0.497 e. The zero-order valence-corrected chi connectivity index (χ0v) is 12.0. The first-order chi connectivity index (χ1) is 9.67. The lowest BCUT2D eigenvalue weighted by atomic mass is 9.93. The topological polar surface area (TPSA) is 66.8 Å². The van der Waals surface area contributed by atoms with E-state index < -0.39 is 5.97 Å². The van der Waals surface area contributed by atoms with Gasteiger partial charge in [0.05, 0.1) is 13.0 Å². The van der Waals surface area contributed by atoms with Crippen molar-refractivity contribution in [3.63, 3.8) is 0 Å². The number of ether oxygens (including phenoxy) is 1. The minimum Gasteiger partial charge on any atom is -0.497 e. The van der Waals surface area contributed by atoms with E-state index in [1.165, 1.54) is 0 Å². The maximum atomic E-state index is 11.3. The maximum absolute atomic E-state index is 11.3. The van der Waals surface area contributed by atoms with Gasteiger partial charge in [0, 0.05) is 6.61 Å². The van der Waals surface area contributed by atoms with Gasteiger partial charge in [0.25, 0.3) is 0 Å². The average molecular weight is 280 g/mol. The van der Waals surface area contributed by atoms with E-state index >= 15 is 0 Å². The SMILES string of the molecule is COc1ccc(CC(CCCCCCO)C(=O)O)cc1. The summed E-state index contributed by atoms with van der Waals surface area (Å²) in [5.41, 5.74) is 1.02. The van der Waals surface area contributed by atoms with Gasteiger partial charge in [0.2, 0.25) is 0 Å². The number of benzene rings is 1. The van der Waals surface area contributed by atoms with Gasteiger partial charge in [0.1, 0.15) is 5.75 Å². The molecule has 1 aromatic rings. The van der Waals surface area contributed by atoms with Crippen LogP contribution in [0.1, 0.15) is 37.7 Å². The van der Waals surface area contributed by atoms with Crippen molar-refractivity contribution in [1.29, 1.82) is 0 Å². The van der Waals surface area contributed by atoms with E-state index in [0.29, 0.717) is 12.8 Å². The molecule has 0 spiro atoms. The van der Waals surface area contributed by atoms with Crippen LogP contribution in [0.25, 0.3) is 0 Å². The Hall–Kier alpha value is -1.55. The molecule has 1 atom stereocenters. The Labute approximate surface area is 120 Å². The number of aliphatic hydroxyl groups excluding tert-OH is 1. The number of carboxylic acid groups (broad SMARTS) is 1. The van der Waals surface area contributed by atoms with Crippen molar-refractivity contribution in [3.05, 3.63) is 29.8 Å². The highest BCUT2D eigenvalue weighted by Gasteiger charge is 2.17. The summed E-state index contributed by atoms with van der Waals surface area (Å²) in [7, 11) is 1.61. The second kappa shape index (κ2) is 9.37. The standard InChI is InChI=1S/C16H24O4/c1-20-15-9-7-13(8-10-15)12-14(16(18)19)6-4-2-3-5-11-17/h7-10,14,17H,2-6,11-12H2,1H3,(H,18,19). The molecule has 0 radical (unpaired) electrons. The Bertz CT molecular complexity index is 386. The molecule has 1 rings (SSSR count). The monoisotopic (exact) mass is 280 g/mol. The molecule has 0 heterocycles. The lowest BCUT2D eigenvalue weighted by Crippen LogP contribution is -2.16. The third-order valence-corrected chi connectivity index (χ3v) is 3.45. The highest BCUT2D eigenvalue weighted by atomic mass is 16.5. The number of carbonyl (C=O) groups is 1. The van der Waals surface area contributed by atoms with Crippen LogP contribution in [0.3, 0.4) is 0 Å². The van der Waals surface area contributed by atoms with Crippen molar-refractivity contribution in [2.24, 2.45) is 5.92 Å². The van der Waals surface area contributed by atoms with E-state index in [9.17, 15) is 9.90 Å². The van der Waals surface area contributed by atoms with Crippen molar-refractivity contribution in [3.8, 4) is 5.75 Å². The minimum atomic E-state index is -0.733. The van der Waals surface area contributed by atoms with E-state index in [0.717, 1.165) is 37.0 Å². The molecule has 0 aliphatic rings. The molecular formula is C16H24O4. The molecule has 112 valence electrons. The molecule has 0 aliphatic heterocycles. The average Bonchev–Trinajstić information content (AvgIpc) is 2.46. The number of carboxylic acids is 1. The van der Waals surface area contributed by atoms with Crippen LogP contribution in [-0.2, 0) is 11.2 Å². The molecule has 0 bridgehead atoms. The van der Waals surface area contributed by atoms with Gasteiger partial charge in [-0.15, -0.1) is 0 Å². The van der Waals surface area contributed by atoms with E-state index in [-0.39, 0.29) is 12.5 Å². The van der Waals surface area contributed by atoms with Crippen LogP contribution in [0, 0.1) is 5.92 Å². The van der Waals surface area contributed by atoms with Gasteiger partial charge in [-0.3, -0.25) is 4.79 Å². The molecule has 0 aliphatic carbocycles. The quantitative estimate of drug-likeness (QED) is 0.647. The summed E-state index contributed by atoms with van der Waals surface area (Å²) in [6.07, 6.45) is 4.88. The first-order valence-corrected chi connectivity index (χ1v) is 7.14. The summed E-state index contributed by atoms with van der Waals surface area (Å²) in [6.45, 7) is 0.216. The predicted octanol–water partition coefficient (Wildman–Crippen LogP) is 2.88. The third kappa shape index (κ3) is 6.06. The van der Waals surface area contributed by atoms with Crippen molar-refractivity contribution < 1.29 is 19.7 Å². The van der Waals surface area contributed by atoms with Gasteiger partial charge in [-0.1, -0.05) is 31.4 Å². The van der Waals surface area contributed by atoms with Crippen LogP contribution in [0.15, 0.2) is 24.3 Å². The molecule has 0 saturated carbocycles. The van der Waals surface area contributed by atoms with E-state index in [1.807, 2.05) is 24.3 Å². The summed E-state index contributed by atoms with van der Waals surface area (Å²) >= 11 is 0. The fraction of sp³-hybridized carbons (Fsp3) is 0.562. The molecule has 20 heavy (non-hydrogen) atoms. The van der Waals surface area contributed by atoms with Crippen LogP contribution in [0.2, 0.25) is 0 Å². The molecule has 0 amide bonds. The number of unbranched alkanes of at least 4 members (excludes halogenated alkanes) is 3. The number of aliphatic carboxylic acids is 1. The molecule has 1 aromatic carbocycles. The van der Waals surface area contributed by atoms with Gasteiger partial charge in [0.15, 0.2) is 0 Å². The van der Waals surface area contributed by atoms with Gasteiger partial charge in [-0.25, -0.2) is 0 Å². The summed E-state index contributed by atoms with van der Waals surface area (Å²) < 4.78 is 5.09. The predicted molar refractivity (Wildman–Crippen MR) is 78.0 cm³/mol. The molecule has 2 N–H and O–H groups in total. The van der Waals surface area contributed by atoms with Gasteiger partial charge in [-0.2, -0.15) is 0 Å². The zero-order chi connectivity index (χ0) is 14.8. The highest BCUT2D eigenvalue weighted by molar-refractivity contribution is 5.70. The molecule has 0 fully saturated rings. The Morgan fingerprint density at radius 1 is 1.15 bits per heavy atom. The van der Waals surface area contributed by atoms with Gasteiger partial charge < -0.3 is 14.9 Å². The van der Waals surface area contributed by atoms with Crippen molar-refractivity contribution >= 4 is 5.97 Å². The smallest absolute Gasteiger partial charge is 0.306 e. The molecule has 4 heteroatoms. The second-order valence-corrected chi connectivity index (χ2v) is 5.01. The van der Waals surface area contributed by atoms with Gasteiger partial charge >= 0.3 is 5.97 Å². The van der Waals surface area contributed by atoms with E-state index in [2.05, 4.69) is 0 Å². The first-order valence-electron chi connectivity index (χ1n) is 7.14. The summed E-state index contributed by atoms with van der Waals surface area (Å²) in [4.78, 5) is 11.3. The van der Waals surface area contributed by atoms with Crippen LogP contribution >= 0.6 is 0 Å². The molecule has 0 saturated heterocycles. The zero-order valence-electron chi connectivity index (χ0n) is 12.0. The molecule has 0 aromatic heterocycles. The Kier molecular flexibility index (Phi) is 7.73. The van der Waals surface area contributed by atoms with Crippen LogP contribution < -0.4 is 4.74 Å². The Morgan fingerprint density at radius 2 is 1.80 bits per heavy atom. The van der Waals surface area contributed by atoms with Crippen LogP contribution in [0.5, 0.6) is 5.75 Å². The molecular weight excluding hydrogens is 256 g/mol. The summed E-state index contributed by atoms with van der Waals surface area (Å²) in [6, 6.07) is 7.55. The van der Waals surface area contributed by atoms with E-state index in [4.69, 9.17) is 9.84 Å². The lowest BCUT2D eigenvalue weighted by Gasteiger charge is -2.12. The van der Waals surface area contributed by atoms with Crippen molar-refractivity contribution in [2.75, 3.05) is 13.7 Å². The van der Waals surface area contributed by atoms with Crippen LogP contribution in [0.4, 0.5) is 0 Å². The van der Waals surface area contributed by atoms with Crippen molar-refractivity contribution in [2.45, 2.75) is 38.5 Å². The first kappa shape index (κ1) is 16.5. The summed E-state index contributed by atoms with van der Waals surface area (Å²) in [5, 5.41) is 18.0. The number of rotatable bonds is 10. The second-order valence-electron chi connectivity index (χ2n) is 5.01. The number of methoxy groups -OCH3 is 1. The van der Waals surface area contributed by atoms with Gasteiger partial charge in [-0.05, 0) is 37.0 Å². The number of hydrogen-bond donors (Lipinski definition) is 2. The number of hydrogen-bond acceptors (Lipinski definition) is 3. The molecule has 4 nitrogen and oxygen atoms in total. The maximum Gasteiger partial charge on any atom is 0.306 e. The minimum absolute atomic E-state index is 0.216. The van der Waals surface area contributed by atoms with Crippen LogP contribution in [-0.4, -0.2) is 29.9 Å². The third-order valence-electron chi connectivity index (χ3n) is 3.45. The fourth-order valence-electron chi connectivity index (χ4n) is 2.22. The Morgan fingerprint density at radius 3 is 2.35 bits per heavy atom. The molecule has 1 unspecified atom stereocenters. The number of aliphatic hydroxyl groups is 1.